The summed E-state index contributed by atoms with van der Waals surface area (Å²) in [7, 11) is 0. The van der Waals surface area contributed by atoms with Gasteiger partial charge in [-0.05, 0) is 36.0 Å². The van der Waals surface area contributed by atoms with E-state index in [4.69, 9.17) is 4.74 Å². The second-order valence-electron chi connectivity index (χ2n) is 7.11. The Morgan fingerprint density at radius 1 is 1.27 bits per heavy atom. The minimum Gasteiger partial charge on any atom is -0.492 e. The predicted molar refractivity (Wildman–Crippen MR) is 91.1 cm³/mol. The maximum absolute atomic E-state index is 10.4. The monoisotopic (exact) mass is 305 g/mol. The smallest absolute Gasteiger partial charge is 0.123 e. The molecule has 1 aliphatic heterocycles. The van der Waals surface area contributed by atoms with Crippen molar-refractivity contribution in [3.8, 4) is 5.75 Å². The van der Waals surface area contributed by atoms with Crippen molar-refractivity contribution in [3.63, 3.8) is 0 Å². The van der Waals surface area contributed by atoms with Gasteiger partial charge >= 0.3 is 0 Å². The Morgan fingerprint density at radius 3 is 2.73 bits per heavy atom. The molecule has 0 unspecified atom stereocenters. The highest BCUT2D eigenvalue weighted by Crippen LogP contribution is 2.29. The minimum atomic E-state index is -0.378. The van der Waals surface area contributed by atoms with Crippen molar-refractivity contribution in [2.24, 2.45) is 11.8 Å². The average molecular weight is 305 g/mol. The number of hydrogen-bond donors (Lipinski definition) is 1. The van der Waals surface area contributed by atoms with Crippen LogP contribution in [0.5, 0.6) is 5.75 Å². The molecule has 2 atom stereocenters. The van der Waals surface area contributed by atoms with Crippen molar-refractivity contribution < 1.29 is 9.84 Å². The van der Waals surface area contributed by atoms with Crippen LogP contribution in [0.15, 0.2) is 18.2 Å². The first kappa shape index (κ1) is 17.3. The molecule has 3 nitrogen and oxygen atoms in total. The van der Waals surface area contributed by atoms with Crippen LogP contribution in [0.4, 0.5) is 0 Å². The maximum Gasteiger partial charge on any atom is 0.123 e. The average Bonchev–Trinajstić information content (AvgIpc) is 2.67. The van der Waals surface area contributed by atoms with E-state index in [1.165, 1.54) is 12.0 Å². The van der Waals surface area contributed by atoms with Crippen molar-refractivity contribution in [3.05, 3.63) is 29.3 Å². The van der Waals surface area contributed by atoms with Gasteiger partial charge in [0, 0.05) is 25.2 Å². The Bertz CT molecular complexity index is 473. The molecule has 0 saturated carbocycles. The summed E-state index contributed by atoms with van der Waals surface area (Å²) in [6, 6.07) is 6.18. The number of aliphatic hydroxyl groups is 1. The summed E-state index contributed by atoms with van der Waals surface area (Å²) in [6.07, 6.45) is 1.63. The van der Waals surface area contributed by atoms with Crippen LogP contribution < -0.4 is 4.74 Å². The van der Waals surface area contributed by atoms with Crippen LogP contribution in [0.25, 0.3) is 0 Å². The molecule has 0 aliphatic carbocycles. The molecule has 0 fully saturated rings. The summed E-state index contributed by atoms with van der Waals surface area (Å²) in [5, 5.41) is 10.4. The van der Waals surface area contributed by atoms with Gasteiger partial charge < -0.3 is 9.84 Å². The lowest BCUT2D eigenvalue weighted by Gasteiger charge is -2.23. The Hall–Kier alpha value is -1.06. The van der Waals surface area contributed by atoms with Gasteiger partial charge in [0.15, 0.2) is 0 Å². The van der Waals surface area contributed by atoms with Crippen LogP contribution in [0.3, 0.4) is 0 Å². The number of nitrogens with zero attached hydrogens (tertiary/aromatic N) is 1. The van der Waals surface area contributed by atoms with Crippen molar-refractivity contribution in [2.75, 3.05) is 19.7 Å². The van der Waals surface area contributed by atoms with E-state index in [0.29, 0.717) is 11.8 Å². The molecule has 1 heterocycles. The third-order valence-electron chi connectivity index (χ3n) is 4.49. The molecule has 0 aromatic heterocycles. The zero-order valence-electron chi connectivity index (χ0n) is 14.5. The van der Waals surface area contributed by atoms with Gasteiger partial charge in [-0.25, -0.2) is 0 Å². The van der Waals surface area contributed by atoms with Gasteiger partial charge in [-0.15, -0.1) is 0 Å². The van der Waals surface area contributed by atoms with Gasteiger partial charge in [-0.2, -0.15) is 0 Å². The molecule has 0 bridgehead atoms. The van der Waals surface area contributed by atoms with E-state index in [0.717, 1.165) is 44.0 Å². The Kier molecular flexibility index (Phi) is 6.27. The third kappa shape index (κ3) is 4.72. The van der Waals surface area contributed by atoms with Crippen molar-refractivity contribution in [1.29, 1.82) is 0 Å². The van der Waals surface area contributed by atoms with Crippen molar-refractivity contribution >= 4 is 0 Å². The zero-order valence-corrected chi connectivity index (χ0v) is 14.5. The fourth-order valence-electron chi connectivity index (χ4n) is 2.98. The molecule has 22 heavy (non-hydrogen) atoms. The lowest BCUT2D eigenvalue weighted by atomic mass is 9.97. The van der Waals surface area contributed by atoms with Crippen LogP contribution in [0.1, 0.15) is 57.8 Å². The van der Waals surface area contributed by atoms with Gasteiger partial charge in [-0.3, -0.25) is 4.90 Å². The summed E-state index contributed by atoms with van der Waals surface area (Å²) in [6.45, 7) is 12.6. The molecular weight excluding hydrogens is 274 g/mol. The largest absolute Gasteiger partial charge is 0.492 e. The van der Waals surface area contributed by atoms with Crippen LogP contribution in [-0.4, -0.2) is 29.7 Å². The summed E-state index contributed by atoms with van der Waals surface area (Å²) in [4.78, 5) is 2.47. The summed E-state index contributed by atoms with van der Waals surface area (Å²) >= 11 is 0. The Morgan fingerprint density at radius 2 is 2.05 bits per heavy atom. The molecule has 0 amide bonds. The molecule has 124 valence electrons. The number of fused-ring (bicyclic) bond motifs is 1. The van der Waals surface area contributed by atoms with Crippen LogP contribution >= 0.6 is 0 Å². The Labute approximate surface area is 135 Å². The van der Waals surface area contributed by atoms with Gasteiger partial charge in [0.25, 0.3) is 0 Å². The van der Waals surface area contributed by atoms with Crippen LogP contribution in [0.2, 0.25) is 0 Å². The minimum absolute atomic E-state index is 0.378. The topological polar surface area (TPSA) is 32.7 Å². The van der Waals surface area contributed by atoms with Gasteiger partial charge in [0.05, 0.1) is 6.10 Å². The highest BCUT2D eigenvalue weighted by atomic mass is 16.5. The van der Waals surface area contributed by atoms with E-state index < -0.39 is 0 Å². The second kappa shape index (κ2) is 7.98. The van der Waals surface area contributed by atoms with Gasteiger partial charge in [-0.1, -0.05) is 40.2 Å². The van der Waals surface area contributed by atoms with Crippen LogP contribution in [0, 0.1) is 11.8 Å². The van der Waals surface area contributed by atoms with Crippen molar-refractivity contribution in [1.82, 2.24) is 4.90 Å². The SMILES string of the molecule is CC[C@H](C)CN1CCOc2ccc([C@@H](O)CC(C)C)cc2C1. The fourth-order valence-corrected chi connectivity index (χ4v) is 2.98. The first-order chi connectivity index (χ1) is 10.5. The quantitative estimate of drug-likeness (QED) is 0.862. The van der Waals surface area contributed by atoms with Gasteiger partial charge in [0.1, 0.15) is 12.4 Å². The highest BCUT2D eigenvalue weighted by molar-refractivity contribution is 5.38. The zero-order chi connectivity index (χ0) is 16.1. The molecule has 0 saturated heterocycles. The molecule has 0 spiro atoms. The highest BCUT2D eigenvalue weighted by Gasteiger charge is 2.19. The lowest BCUT2D eigenvalue weighted by Crippen LogP contribution is -2.30. The molecule has 0 radical (unpaired) electrons. The van der Waals surface area contributed by atoms with E-state index in [2.05, 4.69) is 38.7 Å². The normalized spacial score (nSPS) is 18.5. The second-order valence-corrected chi connectivity index (χ2v) is 7.11. The number of ether oxygens (including phenoxy) is 1. The number of rotatable bonds is 6. The summed E-state index contributed by atoms with van der Waals surface area (Å²) < 4.78 is 5.89. The van der Waals surface area contributed by atoms with Gasteiger partial charge in [0.2, 0.25) is 0 Å². The molecule has 1 aromatic carbocycles. The summed E-state index contributed by atoms with van der Waals surface area (Å²) in [5.41, 5.74) is 2.22. The molecular formula is C19H31NO2. The molecule has 1 N–H and O–H groups in total. The first-order valence-corrected chi connectivity index (χ1v) is 8.65. The van der Waals surface area contributed by atoms with E-state index in [1.807, 2.05) is 12.1 Å². The summed E-state index contributed by atoms with van der Waals surface area (Å²) in [5.74, 6) is 2.18. The lowest BCUT2D eigenvalue weighted by molar-refractivity contribution is 0.151. The molecule has 3 heteroatoms. The van der Waals surface area contributed by atoms with E-state index >= 15 is 0 Å². The fraction of sp³-hybridized carbons (Fsp3) is 0.684. The standard InChI is InChI=1S/C19H31NO2/c1-5-15(4)12-20-8-9-22-19-7-6-16(11-17(19)13-20)18(21)10-14(2)3/h6-7,11,14-15,18,21H,5,8-10,12-13H2,1-4H3/t15-,18-/m0/s1. The number of benzene rings is 1. The van der Waals surface area contributed by atoms with E-state index in [9.17, 15) is 5.11 Å². The van der Waals surface area contributed by atoms with Crippen LogP contribution in [-0.2, 0) is 6.54 Å². The van der Waals surface area contributed by atoms with Crippen molar-refractivity contribution in [2.45, 2.75) is 53.2 Å². The maximum atomic E-state index is 10.4. The number of aliphatic hydroxyl groups excluding tert-OH is 1. The van der Waals surface area contributed by atoms with E-state index in [-0.39, 0.29) is 6.10 Å². The number of hydrogen-bond acceptors (Lipinski definition) is 3. The molecule has 1 aromatic rings. The third-order valence-corrected chi connectivity index (χ3v) is 4.49. The molecule has 1 aliphatic rings. The predicted octanol–water partition coefficient (Wildman–Crippen LogP) is 4.01. The first-order valence-electron chi connectivity index (χ1n) is 8.65. The molecule has 2 rings (SSSR count). The van der Waals surface area contributed by atoms with E-state index in [1.54, 1.807) is 0 Å². The Balaban J connectivity index is 2.13.